The van der Waals surface area contributed by atoms with Crippen LogP contribution >= 0.6 is 0 Å². The van der Waals surface area contributed by atoms with Crippen LogP contribution in [-0.4, -0.2) is 96.0 Å². The molecule has 156 valence electrons. The molecule has 0 saturated carbocycles. The fraction of sp³-hybridized carbons (Fsp3) is 0.810. The van der Waals surface area contributed by atoms with Crippen molar-refractivity contribution in [3.8, 4) is 0 Å². The van der Waals surface area contributed by atoms with Crippen LogP contribution in [0.2, 0.25) is 0 Å². The molecule has 1 unspecified atom stereocenters. The lowest BCUT2D eigenvalue weighted by Crippen LogP contribution is -2.45. The molecule has 0 aromatic carbocycles. The number of hydrogen-bond donors (Lipinski definition) is 0. The molecule has 1 spiro atoms. The van der Waals surface area contributed by atoms with Gasteiger partial charge in [0.25, 0.3) is 0 Å². The Morgan fingerprint density at radius 3 is 2.57 bits per heavy atom. The summed E-state index contributed by atoms with van der Waals surface area (Å²) in [6, 6.07) is 2.66. The number of aryl methyl sites for hydroxylation is 2. The molecule has 7 heteroatoms. The minimum atomic E-state index is 0.206. The molecular weight excluding hydrogens is 354 g/mol. The molecule has 28 heavy (non-hydrogen) atoms. The molecule has 4 rings (SSSR count). The van der Waals surface area contributed by atoms with Crippen molar-refractivity contribution in [2.24, 2.45) is 5.41 Å². The molecule has 3 fully saturated rings. The largest absolute Gasteiger partial charge is 0.379 e. The second-order valence-corrected chi connectivity index (χ2v) is 9.15. The van der Waals surface area contributed by atoms with E-state index in [2.05, 4.69) is 26.8 Å². The third-order valence-electron chi connectivity index (χ3n) is 7.01. The topological polar surface area (TPSA) is 53.8 Å². The summed E-state index contributed by atoms with van der Waals surface area (Å²) in [4.78, 5) is 19.9. The molecule has 4 heterocycles. The normalized spacial score (nSPS) is 26.2. The van der Waals surface area contributed by atoms with Gasteiger partial charge < -0.3 is 14.5 Å². The van der Waals surface area contributed by atoms with E-state index in [1.165, 1.54) is 13.0 Å². The van der Waals surface area contributed by atoms with Crippen LogP contribution in [0.3, 0.4) is 0 Å². The van der Waals surface area contributed by atoms with E-state index in [9.17, 15) is 4.79 Å². The summed E-state index contributed by atoms with van der Waals surface area (Å²) in [7, 11) is 2.28. The highest BCUT2D eigenvalue weighted by molar-refractivity contribution is 5.76. The van der Waals surface area contributed by atoms with E-state index >= 15 is 0 Å². The number of nitrogens with zero attached hydrogens (tertiary/aromatic N) is 5. The number of likely N-dealkylation sites (tertiary alicyclic amines) is 2. The third kappa shape index (κ3) is 4.26. The number of piperidine rings is 1. The Kier molecular flexibility index (Phi) is 5.76. The lowest BCUT2D eigenvalue weighted by molar-refractivity contribution is -0.134. The van der Waals surface area contributed by atoms with Crippen LogP contribution in [0.5, 0.6) is 0 Å². The Morgan fingerprint density at radius 1 is 1.21 bits per heavy atom. The van der Waals surface area contributed by atoms with Gasteiger partial charge in [0.05, 0.1) is 18.9 Å². The summed E-state index contributed by atoms with van der Waals surface area (Å²) in [5, 5.41) is 4.44. The molecular formula is C21H35N5O2. The molecule has 1 atom stereocenters. The average Bonchev–Trinajstić information content (AvgIpc) is 3.14. The average molecular weight is 390 g/mol. The molecule has 3 saturated heterocycles. The van der Waals surface area contributed by atoms with Crippen molar-refractivity contribution >= 4 is 5.91 Å². The van der Waals surface area contributed by atoms with Crippen LogP contribution in [0, 0.1) is 19.3 Å². The molecule has 3 aliphatic rings. The number of likely N-dealkylation sites (N-methyl/N-ethyl adjacent to an activating group) is 1. The number of aromatic nitrogens is 2. The van der Waals surface area contributed by atoms with Crippen LogP contribution in [0.25, 0.3) is 0 Å². The monoisotopic (exact) mass is 389 g/mol. The van der Waals surface area contributed by atoms with E-state index in [4.69, 9.17) is 4.74 Å². The number of amides is 1. The predicted octanol–water partition coefficient (Wildman–Crippen LogP) is 1.15. The van der Waals surface area contributed by atoms with Gasteiger partial charge in [0, 0.05) is 51.0 Å². The highest BCUT2D eigenvalue weighted by Crippen LogP contribution is 2.43. The lowest BCUT2D eigenvalue weighted by atomic mass is 9.76. The SMILES string of the molecule is Cc1cc(C)n(CC(=O)N2CCC3(CC2)CC(CN2CCOCC2)N(C)C3)n1. The highest BCUT2D eigenvalue weighted by atomic mass is 16.5. The van der Waals surface area contributed by atoms with E-state index in [0.717, 1.165) is 70.2 Å². The Labute approximate surface area is 168 Å². The predicted molar refractivity (Wildman–Crippen MR) is 108 cm³/mol. The van der Waals surface area contributed by atoms with E-state index < -0.39 is 0 Å². The maximum absolute atomic E-state index is 12.8. The van der Waals surface area contributed by atoms with Crippen LogP contribution in [-0.2, 0) is 16.1 Å². The van der Waals surface area contributed by atoms with Gasteiger partial charge in [-0.3, -0.25) is 14.4 Å². The maximum atomic E-state index is 12.8. The van der Waals surface area contributed by atoms with E-state index in [-0.39, 0.29) is 5.91 Å². The quantitative estimate of drug-likeness (QED) is 0.773. The van der Waals surface area contributed by atoms with Gasteiger partial charge in [0.2, 0.25) is 5.91 Å². The summed E-state index contributed by atoms with van der Waals surface area (Å²) < 4.78 is 7.32. The zero-order valence-electron chi connectivity index (χ0n) is 17.7. The van der Waals surface area contributed by atoms with E-state index in [1.54, 1.807) is 0 Å². The minimum absolute atomic E-state index is 0.206. The molecule has 1 amide bonds. The van der Waals surface area contributed by atoms with Crippen LogP contribution in [0.1, 0.15) is 30.7 Å². The zero-order valence-corrected chi connectivity index (χ0v) is 17.7. The second kappa shape index (κ2) is 8.13. The molecule has 0 bridgehead atoms. The fourth-order valence-corrected chi connectivity index (χ4v) is 5.32. The van der Waals surface area contributed by atoms with Crippen molar-refractivity contribution in [1.82, 2.24) is 24.5 Å². The molecule has 0 radical (unpaired) electrons. The number of carbonyl (C=O) groups is 1. The molecule has 1 aromatic rings. The lowest BCUT2D eigenvalue weighted by Gasteiger charge is -2.39. The number of morpholine rings is 1. The first-order valence-electron chi connectivity index (χ1n) is 10.7. The standard InChI is InChI=1S/C21H35N5O2/c1-17-12-18(2)26(22-17)15-20(27)25-6-4-21(5-7-25)13-19(23(3)16-21)14-24-8-10-28-11-9-24/h12,19H,4-11,13-16H2,1-3H3. The van der Waals surface area contributed by atoms with Gasteiger partial charge in [0.1, 0.15) is 6.54 Å². The Balaban J connectivity index is 1.29. The van der Waals surface area contributed by atoms with Crippen LogP contribution < -0.4 is 0 Å². The van der Waals surface area contributed by atoms with E-state index in [1.807, 2.05) is 24.6 Å². The summed E-state index contributed by atoms with van der Waals surface area (Å²) in [6.07, 6.45) is 3.51. The zero-order chi connectivity index (χ0) is 19.7. The first-order valence-corrected chi connectivity index (χ1v) is 10.7. The number of rotatable bonds is 4. The van der Waals surface area contributed by atoms with Crippen LogP contribution in [0.4, 0.5) is 0 Å². The van der Waals surface area contributed by atoms with Gasteiger partial charge in [-0.25, -0.2) is 0 Å². The summed E-state index contributed by atoms with van der Waals surface area (Å²) in [6.45, 7) is 12.3. The highest BCUT2D eigenvalue weighted by Gasteiger charge is 2.45. The number of carbonyl (C=O) groups excluding carboxylic acids is 1. The number of ether oxygens (including phenoxy) is 1. The van der Waals surface area contributed by atoms with E-state index in [0.29, 0.717) is 18.0 Å². The van der Waals surface area contributed by atoms with Crippen molar-refractivity contribution in [3.63, 3.8) is 0 Å². The Hall–Kier alpha value is -1.44. The van der Waals surface area contributed by atoms with Gasteiger partial charge in [-0.15, -0.1) is 0 Å². The molecule has 7 nitrogen and oxygen atoms in total. The van der Waals surface area contributed by atoms with Gasteiger partial charge in [-0.2, -0.15) is 5.10 Å². The summed E-state index contributed by atoms with van der Waals surface area (Å²) in [5.41, 5.74) is 2.42. The minimum Gasteiger partial charge on any atom is -0.379 e. The third-order valence-corrected chi connectivity index (χ3v) is 7.01. The van der Waals surface area contributed by atoms with Crippen molar-refractivity contribution in [2.75, 3.05) is 59.5 Å². The summed E-state index contributed by atoms with van der Waals surface area (Å²) >= 11 is 0. The van der Waals surface area contributed by atoms with Crippen molar-refractivity contribution in [2.45, 2.75) is 45.7 Å². The molecule has 0 N–H and O–H groups in total. The van der Waals surface area contributed by atoms with Gasteiger partial charge >= 0.3 is 0 Å². The molecule has 3 aliphatic heterocycles. The molecule has 1 aromatic heterocycles. The molecule has 0 aliphatic carbocycles. The smallest absolute Gasteiger partial charge is 0.244 e. The first kappa shape index (κ1) is 19.9. The number of hydrogen-bond acceptors (Lipinski definition) is 5. The second-order valence-electron chi connectivity index (χ2n) is 9.15. The van der Waals surface area contributed by atoms with Crippen LogP contribution in [0.15, 0.2) is 6.07 Å². The first-order chi connectivity index (χ1) is 13.4. The van der Waals surface area contributed by atoms with Gasteiger partial charge in [0.15, 0.2) is 0 Å². The van der Waals surface area contributed by atoms with Crippen molar-refractivity contribution in [3.05, 3.63) is 17.5 Å². The van der Waals surface area contributed by atoms with Crippen molar-refractivity contribution < 1.29 is 9.53 Å². The Morgan fingerprint density at radius 2 is 1.93 bits per heavy atom. The fourth-order valence-electron chi connectivity index (χ4n) is 5.32. The maximum Gasteiger partial charge on any atom is 0.244 e. The summed E-state index contributed by atoms with van der Waals surface area (Å²) in [5.74, 6) is 0.206. The van der Waals surface area contributed by atoms with Gasteiger partial charge in [-0.1, -0.05) is 0 Å². The van der Waals surface area contributed by atoms with Gasteiger partial charge in [-0.05, 0) is 51.6 Å². The van der Waals surface area contributed by atoms with Crippen molar-refractivity contribution in [1.29, 1.82) is 0 Å². The Bertz CT molecular complexity index is 689.